The minimum absolute atomic E-state index is 0.177. The molecule has 1 unspecified atom stereocenters. The van der Waals surface area contributed by atoms with Crippen LogP contribution >= 0.6 is 0 Å². The molecule has 5 heteroatoms. The van der Waals surface area contributed by atoms with Gasteiger partial charge in [-0.05, 0) is 41.5 Å². The van der Waals surface area contributed by atoms with Crippen molar-refractivity contribution in [3.63, 3.8) is 0 Å². The highest BCUT2D eigenvalue weighted by molar-refractivity contribution is 5.95. The molecule has 0 fully saturated rings. The molecular formula is C20H16N2O3. The maximum Gasteiger partial charge on any atom is 0.252 e. The lowest BCUT2D eigenvalue weighted by molar-refractivity contribution is 0.0942. The van der Waals surface area contributed by atoms with Crippen LogP contribution in [0.5, 0.6) is 11.5 Å². The normalized spacial score (nSPS) is 13.3. The Labute approximate surface area is 145 Å². The van der Waals surface area contributed by atoms with Gasteiger partial charge < -0.3 is 14.8 Å². The first-order valence-electron chi connectivity index (χ1n) is 7.96. The molecule has 0 radical (unpaired) electrons. The van der Waals surface area contributed by atoms with E-state index in [9.17, 15) is 4.79 Å². The summed E-state index contributed by atoms with van der Waals surface area (Å²) >= 11 is 0. The fourth-order valence-corrected chi connectivity index (χ4v) is 2.81. The van der Waals surface area contributed by atoms with Gasteiger partial charge in [-0.2, -0.15) is 0 Å². The molecule has 3 aromatic rings. The van der Waals surface area contributed by atoms with Crippen LogP contribution in [0.2, 0.25) is 0 Å². The molecule has 1 amide bonds. The minimum Gasteiger partial charge on any atom is -0.454 e. The van der Waals surface area contributed by atoms with Gasteiger partial charge in [0.15, 0.2) is 11.5 Å². The second kappa shape index (κ2) is 6.65. The van der Waals surface area contributed by atoms with E-state index < -0.39 is 0 Å². The number of amides is 1. The highest BCUT2D eigenvalue weighted by atomic mass is 16.7. The Hall–Kier alpha value is -3.34. The lowest BCUT2D eigenvalue weighted by Crippen LogP contribution is -2.29. The largest absolute Gasteiger partial charge is 0.454 e. The highest BCUT2D eigenvalue weighted by Gasteiger charge is 2.20. The van der Waals surface area contributed by atoms with E-state index in [-0.39, 0.29) is 18.7 Å². The Morgan fingerprint density at radius 2 is 1.64 bits per heavy atom. The van der Waals surface area contributed by atoms with Gasteiger partial charge in [-0.15, -0.1) is 0 Å². The number of nitrogens with one attached hydrogen (secondary N) is 1. The van der Waals surface area contributed by atoms with Crippen molar-refractivity contribution >= 4 is 5.91 Å². The minimum atomic E-state index is -0.262. The third-order valence-electron chi connectivity index (χ3n) is 4.08. The van der Waals surface area contributed by atoms with Crippen LogP contribution in [0.25, 0.3) is 0 Å². The number of ether oxygens (including phenoxy) is 2. The molecule has 1 N–H and O–H groups in total. The maximum atomic E-state index is 12.8. The molecule has 1 atom stereocenters. The molecule has 0 spiro atoms. The fourth-order valence-electron chi connectivity index (χ4n) is 2.81. The van der Waals surface area contributed by atoms with E-state index in [0.717, 1.165) is 11.1 Å². The van der Waals surface area contributed by atoms with Crippen LogP contribution in [0, 0.1) is 0 Å². The van der Waals surface area contributed by atoms with Crippen LogP contribution < -0.4 is 14.8 Å². The number of pyridine rings is 1. The van der Waals surface area contributed by atoms with Gasteiger partial charge in [0.05, 0.1) is 6.04 Å². The Kier molecular flexibility index (Phi) is 4.04. The van der Waals surface area contributed by atoms with Crippen molar-refractivity contribution in [2.24, 2.45) is 0 Å². The van der Waals surface area contributed by atoms with Gasteiger partial charge >= 0.3 is 0 Å². The summed E-state index contributed by atoms with van der Waals surface area (Å²) in [5.74, 6) is 1.07. The summed E-state index contributed by atoms with van der Waals surface area (Å²) < 4.78 is 10.6. The molecular weight excluding hydrogens is 316 g/mol. The van der Waals surface area contributed by atoms with Crippen molar-refractivity contribution in [3.05, 3.63) is 89.7 Å². The highest BCUT2D eigenvalue weighted by Crippen LogP contribution is 2.32. The van der Waals surface area contributed by atoms with E-state index in [4.69, 9.17) is 9.47 Å². The lowest BCUT2D eigenvalue weighted by atomic mass is 9.99. The second-order valence-electron chi connectivity index (χ2n) is 5.67. The third kappa shape index (κ3) is 3.17. The molecule has 124 valence electrons. The van der Waals surface area contributed by atoms with Gasteiger partial charge in [0.25, 0.3) is 5.91 Å². The molecule has 0 saturated carbocycles. The summed E-state index contributed by atoms with van der Waals surface area (Å²) in [6.45, 7) is 0.185. The van der Waals surface area contributed by atoms with Crippen LogP contribution in [-0.2, 0) is 0 Å². The Balaban J connectivity index is 1.63. The van der Waals surface area contributed by atoms with Gasteiger partial charge in [-0.1, -0.05) is 30.3 Å². The summed E-state index contributed by atoms with van der Waals surface area (Å²) in [6, 6.07) is 18.6. The summed E-state index contributed by atoms with van der Waals surface area (Å²) in [6.07, 6.45) is 3.44. The number of hydrogen-bond acceptors (Lipinski definition) is 4. The average Bonchev–Trinajstić information content (AvgIpc) is 3.15. The van der Waals surface area contributed by atoms with E-state index in [0.29, 0.717) is 17.1 Å². The number of carbonyl (C=O) groups excluding carboxylic acids is 1. The summed E-state index contributed by atoms with van der Waals surface area (Å²) in [5.41, 5.74) is 2.50. The molecule has 1 aliphatic heterocycles. The maximum absolute atomic E-state index is 12.8. The second-order valence-corrected chi connectivity index (χ2v) is 5.67. The molecule has 0 aliphatic carbocycles. The predicted octanol–water partition coefficient (Wildman–Crippen LogP) is 3.33. The van der Waals surface area contributed by atoms with E-state index in [1.54, 1.807) is 30.6 Å². The van der Waals surface area contributed by atoms with Gasteiger partial charge in [-0.25, -0.2) is 0 Å². The zero-order valence-electron chi connectivity index (χ0n) is 13.4. The molecule has 1 aromatic heterocycles. The first-order valence-corrected chi connectivity index (χ1v) is 7.96. The van der Waals surface area contributed by atoms with Gasteiger partial charge in [0.1, 0.15) is 0 Å². The monoisotopic (exact) mass is 332 g/mol. The molecule has 1 aliphatic rings. The zero-order valence-corrected chi connectivity index (χ0v) is 13.4. The fraction of sp³-hybridized carbons (Fsp3) is 0.100. The van der Waals surface area contributed by atoms with Crippen molar-refractivity contribution in [3.8, 4) is 11.5 Å². The molecule has 0 bridgehead atoms. The van der Waals surface area contributed by atoms with Gasteiger partial charge in [0, 0.05) is 18.0 Å². The lowest BCUT2D eigenvalue weighted by Gasteiger charge is -2.20. The van der Waals surface area contributed by atoms with Crippen LogP contribution in [0.4, 0.5) is 0 Å². The Morgan fingerprint density at radius 3 is 2.44 bits per heavy atom. The zero-order chi connectivity index (χ0) is 17.1. The molecule has 2 aromatic carbocycles. The van der Waals surface area contributed by atoms with E-state index in [1.165, 1.54) is 0 Å². The molecule has 2 heterocycles. The predicted molar refractivity (Wildman–Crippen MR) is 92.6 cm³/mol. The third-order valence-corrected chi connectivity index (χ3v) is 4.08. The smallest absolute Gasteiger partial charge is 0.252 e. The summed E-state index contributed by atoms with van der Waals surface area (Å²) in [7, 11) is 0. The first-order chi connectivity index (χ1) is 12.3. The average molecular weight is 332 g/mol. The number of fused-ring (bicyclic) bond motifs is 1. The quantitative estimate of drug-likeness (QED) is 0.796. The first kappa shape index (κ1) is 15.2. The van der Waals surface area contributed by atoms with E-state index in [1.807, 2.05) is 42.5 Å². The van der Waals surface area contributed by atoms with Crippen LogP contribution in [0.3, 0.4) is 0 Å². The number of nitrogens with zero attached hydrogens (tertiary/aromatic N) is 1. The standard InChI is InChI=1S/C20H16N2O3/c23-20(16-6-7-17-18(12-16)25-13-24-17)22-19(14-4-2-1-3-5-14)15-8-10-21-11-9-15/h1-12,19H,13H2,(H,22,23). The number of benzene rings is 2. The molecule has 5 nitrogen and oxygen atoms in total. The van der Waals surface area contributed by atoms with E-state index in [2.05, 4.69) is 10.3 Å². The van der Waals surface area contributed by atoms with Gasteiger partial charge in [-0.3, -0.25) is 9.78 Å². The summed E-state index contributed by atoms with van der Waals surface area (Å²) in [5, 5.41) is 3.09. The van der Waals surface area contributed by atoms with Crippen molar-refractivity contribution in [1.82, 2.24) is 10.3 Å². The van der Waals surface area contributed by atoms with Crippen LogP contribution in [-0.4, -0.2) is 17.7 Å². The van der Waals surface area contributed by atoms with Crippen molar-refractivity contribution in [1.29, 1.82) is 0 Å². The Bertz CT molecular complexity index is 842. The number of aromatic nitrogens is 1. The van der Waals surface area contributed by atoms with Crippen LogP contribution in [0.1, 0.15) is 27.5 Å². The van der Waals surface area contributed by atoms with Crippen molar-refractivity contribution in [2.75, 3.05) is 6.79 Å². The van der Waals surface area contributed by atoms with E-state index >= 15 is 0 Å². The summed E-state index contributed by atoms with van der Waals surface area (Å²) in [4.78, 5) is 16.8. The van der Waals surface area contributed by atoms with Crippen molar-refractivity contribution in [2.45, 2.75) is 6.04 Å². The number of carbonyl (C=O) groups is 1. The number of rotatable bonds is 4. The SMILES string of the molecule is O=C(NC(c1ccccc1)c1ccncc1)c1ccc2c(c1)OCO2. The molecule has 25 heavy (non-hydrogen) atoms. The van der Waals surface area contributed by atoms with Crippen molar-refractivity contribution < 1.29 is 14.3 Å². The van der Waals surface area contributed by atoms with Gasteiger partial charge in [0.2, 0.25) is 6.79 Å². The molecule has 4 rings (SSSR count). The number of hydrogen-bond donors (Lipinski definition) is 1. The Morgan fingerprint density at radius 1 is 0.920 bits per heavy atom. The topological polar surface area (TPSA) is 60.5 Å². The van der Waals surface area contributed by atoms with Crippen LogP contribution in [0.15, 0.2) is 73.1 Å². The molecule has 0 saturated heterocycles.